The van der Waals surface area contributed by atoms with Crippen LogP contribution in [-0.4, -0.2) is 55.9 Å². The van der Waals surface area contributed by atoms with Gasteiger partial charge in [-0.3, -0.25) is 14.0 Å². The highest BCUT2D eigenvalue weighted by atomic mass is 32.1. The number of anilines is 1. The van der Waals surface area contributed by atoms with E-state index in [2.05, 4.69) is 15.6 Å². The molecule has 0 spiro atoms. The molecule has 1 fully saturated rings. The molecule has 0 aliphatic carbocycles. The zero-order chi connectivity index (χ0) is 22.8. The van der Waals surface area contributed by atoms with Gasteiger partial charge in [-0.15, -0.1) is 0 Å². The Bertz CT molecular complexity index is 1110. The van der Waals surface area contributed by atoms with Crippen LogP contribution in [0.5, 0.6) is 0 Å². The summed E-state index contributed by atoms with van der Waals surface area (Å²) in [6.07, 6.45) is 3.66. The van der Waals surface area contributed by atoms with Crippen LogP contribution < -0.4 is 10.6 Å². The SMILES string of the molecule is CC(C)[C@H](NC(=O)O)C(=O)N1CCC[C@H]1C(=O)Nc1cn2cc(-c3ccccc3)sc2n1. The fraction of sp³-hybridized carbons (Fsp3) is 0.364. The Morgan fingerprint density at radius 1 is 1.19 bits per heavy atom. The van der Waals surface area contributed by atoms with Crippen molar-refractivity contribution in [2.45, 2.75) is 38.8 Å². The van der Waals surface area contributed by atoms with Gasteiger partial charge in [0.15, 0.2) is 10.8 Å². The summed E-state index contributed by atoms with van der Waals surface area (Å²) in [4.78, 5) is 44.8. The minimum atomic E-state index is -1.26. The predicted molar refractivity (Wildman–Crippen MR) is 122 cm³/mol. The molecule has 2 aromatic heterocycles. The lowest BCUT2D eigenvalue weighted by Gasteiger charge is -2.29. The van der Waals surface area contributed by atoms with Crippen molar-refractivity contribution in [2.24, 2.45) is 5.92 Å². The number of nitrogens with one attached hydrogen (secondary N) is 2. The van der Waals surface area contributed by atoms with Gasteiger partial charge in [-0.25, -0.2) is 9.78 Å². The lowest BCUT2D eigenvalue weighted by atomic mass is 10.0. The highest BCUT2D eigenvalue weighted by molar-refractivity contribution is 7.20. The van der Waals surface area contributed by atoms with E-state index in [1.807, 2.05) is 40.9 Å². The quantitative estimate of drug-likeness (QED) is 0.527. The molecule has 3 heterocycles. The molecule has 4 rings (SSSR count). The molecule has 10 heteroatoms. The molecule has 3 aromatic rings. The Balaban J connectivity index is 1.46. The highest BCUT2D eigenvalue weighted by Crippen LogP contribution is 2.29. The maximum atomic E-state index is 13.0. The van der Waals surface area contributed by atoms with Crippen molar-refractivity contribution in [3.05, 3.63) is 42.7 Å². The van der Waals surface area contributed by atoms with Crippen LogP contribution in [-0.2, 0) is 9.59 Å². The van der Waals surface area contributed by atoms with Crippen molar-refractivity contribution in [1.82, 2.24) is 19.6 Å². The van der Waals surface area contributed by atoms with Crippen LogP contribution in [0.4, 0.5) is 10.6 Å². The van der Waals surface area contributed by atoms with Gasteiger partial charge < -0.3 is 20.6 Å². The standard InChI is InChI=1S/C22H25N5O4S/c1-13(2)18(25-22(30)31)20(29)27-10-6-9-15(27)19(28)23-17-12-26-11-16(32-21(26)24-17)14-7-4-3-5-8-14/h3-5,7-8,11-13,15,18,25H,6,9-10H2,1-2H3,(H,23,28)(H,30,31)/t15-,18-/m0/s1. The third-order valence-electron chi connectivity index (χ3n) is 5.52. The van der Waals surface area contributed by atoms with Crippen molar-refractivity contribution in [1.29, 1.82) is 0 Å². The molecule has 0 bridgehead atoms. The number of nitrogens with zero attached hydrogens (tertiary/aromatic N) is 3. The fourth-order valence-electron chi connectivity index (χ4n) is 3.93. The Kier molecular flexibility index (Phi) is 6.13. The zero-order valence-electron chi connectivity index (χ0n) is 17.8. The first-order chi connectivity index (χ1) is 15.3. The van der Waals surface area contributed by atoms with E-state index in [4.69, 9.17) is 5.11 Å². The average Bonchev–Trinajstić information content (AvgIpc) is 3.46. The van der Waals surface area contributed by atoms with Crippen LogP contribution >= 0.6 is 11.3 Å². The number of rotatable bonds is 6. The first-order valence-electron chi connectivity index (χ1n) is 10.5. The number of carbonyl (C=O) groups excluding carboxylic acids is 2. The van der Waals surface area contributed by atoms with Crippen LogP contribution in [0.3, 0.4) is 0 Å². The van der Waals surface area contributed by atoms with E-state index < -0.39 is 18.2 Å². The maximum absolute atomic E-state index is 13.0. The van der Waals surface area contributed by atoms with Gasteiger partial charge in [-0.05, 0) is 24.3 Å². The molecule has 2 atom stereocenters. The van der Waals surface area contributed by atoms with E-state index in [0.717, 1.165) is 15.4 Å². The molecular formula is C22H25N5O4S. The van der Waals surface area contributed by atoms with Crippen molar-refractivity contribution in [2.75, 3.05) is 11.9 Å². The van der Waals surface area contributed by atoms with Crippen LogP contribution in [0, 0.1) is 5.92 Å². The van der Waals surface area contributed by atoms with Crippen molar-refractivity contribution in [3.63, 3.8) is 0 Å². The van der Waals surface area contributed by atoms with Gasteiger partial charge in [0, 0.05) is 12.7 Å². The van der Waals surface area contributed by atoms with Crippen molar-refractivity contribution < 1.29 is 19.5 Å². The number of thiazole rings is 1. The van der Waals surface area contributed by atoms with Gasteiger partial charge in [-0.2, -0.15) is 0 Å². The first kappa shape index (κ1) is 21.8. The van der Waals surface area contributed by atoms with E-state index in [1.165, 1.54) is 16.2 Å². The van der Waals surface area contributed by atoms with E-state index in [0.29, 0.717) is 25.2 Å². The number of likely N-dealkylation sites (tertiary alicyclic amines) is 1. The van der Waals surface area contributed by atoms with Crippen LogP contribution in [0.2, 0.25) is 0 Å². The van der Waals surface area contributed by atoms with E-state index >= 15 is 0 Å². The normalized spacial score (nSPS) is 17.0. The van der Waals surface area contributed by atoms with Gasteiger partial charge in [0.1, 0.15) is 12.1 Å². The summed E-state index contributed by atoms with van der Waals surface area (Å²) in [5, 5.41) is 14.2. The van der Waals surface area contributed by atoms with Crippen molar-refractivity contribution in [3.8, 4) is 10.4 Å². The molecule has 0 saturated carbocycles. The van der Waals surface area contributed by atoms with Gasteiger partial charge in [0.05, 0.1) is 11.1 Å². The second-order valence-electron chi connectivity index (χ2n) is 8.13. The second-order valence-corrected chi connectivity index (χ2v) is 9.14. The van der Waals surface area contributed by atoms with Gasteiger partial charge in [0.2, 0.25) is 11.8 Å². The molecule has 32 heavy (non-hydrogen) atoms. The van der Waals surface area contributed by atoms with Crippen LogP contribution in [0.25, 0.3) is 15.4 Å². The van der Waals surface area contributed by atoms with Gasteiger partial charge in [-0.1, -0.05) is 55.5 Å². The summed E-state index contributed by atoms with van der Waals surface area (Å²) < 4.78 is 1.87. The smallest absolute Gasteiger partial charge is 0.405 e. The van der Waals surface area contributed by atoms with Crippen LogP contribution in [0.1, 0.15) is 26.7 Å². The predicted octanol–water partition coefficient (Wildman–Crippen LogP) is 3.28. The third-order valence-corrected chi connectivity index (χ3v) is 6.56. The number of carbonyl (C=O) groups is 3. The van der Waals surface area contributed by atoms with E-state index in [1.54, 1.807) is 20.0 Å². The molecule has 3 amide bonds. The monoisotopic (exact) mass is 455 g/mol. The topological polar surface area (TPSA) is 116 Å². The number of imidazole rings is 1. The first-order valence-corrected chi connectivity index (χ1v) is 11.3. The fourth-order valence-corrected chi connectivity index (χ4v) is 4.90. The second kappa shape index (κ2) is 8.99. The lowest BCUT2D eigenvalue weighted by Crippen LogP contribution is -2.54. The molecule has 1 aromatic carbocycles. The number of amides is 3. The highest BCUT2D eigenvalue weighted by Gasteiger charge is 2.38. The maximum Gasteiger partial charge on any atom is 0.405 e. The third kappa shape index (κ3) is 4.45. The molecule has 1 aliphatic rings. The Morgan fingerprint density at radius 3 is 2.59 bits per heavy atom. The minimum absolute atomic E-state index is 0.235. The van der Waals surface area contributed by atoms with E-state index in [-0.39, 0.29) is 17.7 Å². The van der Waals surface area contributed by atoms with Crippen molar-refractivity contribution >= 4 is 40.0 Å². The number of benzene rings is 1. The van der Waals surface area contributed by atoms with Gasteiger partial charge >= 0.3 is 6.09 Å². The van der Waals surface area contributed by atoms with Crippen LogP contribution in [0.15, 0.2) is 42.7 Å². The minimum Gasteiger partial charge on any atom is -0.465 e. The summed E-state index contributed by atoms with van der Waals surface area (Å²) in [5.41, 5.74) is 1.10. The summed E-state index contributed by atoms with van der Waals surface area (Å²) in [5.74, 6) is -0.507. The Morgan fingerprint density at radius 2 is 1.94 bits per heavy atom. The summed E-state index contributed by atoms with van der Waals surface area (Å²) in [6, 6.07) is 8.44. The zero-order valence-corrected chi connectivity index (χ0v) is 18.6. The molecule has 0 radical (unpaired) electrons. The Hall–Kier alpha value is -3.40. The molecule has 168 valence electrons. The number of hydrogen-bond donors (Lipinski definition) is 3. The molecule has 1 aliphatic heterocycles. The number of carboxylic acid groups (broad SMARTS) is 1. The summed E-state index contributed by atoms with van der Waals surface area (Å²) >= 11 is 1.52. The molecular weight excluding hydrogens is 430 g/mol. The Labute approximate surface area is 189 Å². The molecule has 9 nitrogen and oxygen atoms in total. The number of fused-ring (bicyclic) bond motifs is 1. The largest absolute Gasteiger partial charge is 0.465 e. The average molecular weight is 456 g/mol. The molecule has 1 saturated heterocycles. The van der Waals surface area contributed by atoms with Gasteiger partial charge in [0.25, 0.3) is 0 Å². The van der Waals surface area contributed by atoms with E-state index in [9.17, 15) is 14.4 Å². The summed E-state index contributed by atoms with van der Waals surface area (Å²) in [6.45, 7) is 3.95. The molecule has 3 N–H and O–H groups in total. The number of aromatic nitrogens is 2. The summed E-state index contributed by atoms with van der Waals surface area (Å²) in [7, 11) is 0. The molecule has 0 unspecified atom stereocenters. The number of hydrogen-bond acceptors (Lipinski definition) is 5. The lowest BCUT2D eigenvalue weighted by molar-refractivity contribution is -0.139.